The van der Waals surface area contributed by atoms with E-state index in [4.69, 9.17) is 19.4 Å². The van der Waals surface area contributed by atoms with Gasteiger partial charge in [-0.05, 0) is 80.2 Å². The Morgan fingerprint density at radius 1 is 0.362 bits per heavy atom. The molecule has 10 aromatic rings. The summed E-state index contributed by atoms with van der Waals surface area (Å²) in [6.07, 6.45) is 1.76. The maximum Gasteiger partial charge on any atom is 0.227 e. The third-order valence-electron chi connectivity index (χ3n) is 9.13. The molecule has 3 aromatic heterocycles. The topological polar surface area (TPSA) is 64.7 Å². The van der Waals surface area contributed by atoms with Gasteiger partial charge in [0.15, 0.2) is 17.5 Å². The number of rotatable bonds is 3. The zero-order valence-corrected chi connectivity index (χ0v) is 25.1. The highest BCUT2D eigenvalue weighted by molar-refractivity contribution is 6.14. The average Bonchev–Trinajstić information content (AvgIpc) is 3.53. The standard InChI is InChI=1S/C42H24N4O/c1-2-8-27-22-30(14-11-25(27)6-1)39-44-40(31-16-18-34-28(23-31)13-12-26-7-3-4-9-33(26)34)46-41(45-39)32-17-19-35-29(24-32)15-20-36-37-10-5-21-43-42(37)47-38(35)36/h1-24H. The Morgan fingerprint density at radius 2 is 0.872 bits per heavy atom. The summed E-state index contributed by atoms with van der Waals surface area (Å²) < 4.78 is 6.21. The normalized spacial score (nSPS) is 11.8. The summed E-state index contributed by atoms with van der Waals surface area (Å²) in [4.78, 5) is 19.6. The first-order valence-corrected chi connectivity index (χ1v) is 15.6. The van der Waals surface area contributed by atoms with E-state index in [0.29, 0.717) is 23.2 Å². The van der Waals surface area contributed by atoms with Gasteiger partial charge in [0, 0.05) is 39.0 Å². The molecule has 0 aliphatic carbocycles. The Balaban J connectivity index is 1.17. The fourth-order valence-corrected chi connectivity index (χ4v) is 6.78. The molecule has 0 spiro atoms. The number of aromatic nitrogens is 4. The Morgan fingerprint density at radius 3 is 1.66 bits per heavy atom. The summed E-state index contributed by atoms with van der Waals surface area (Å²) >= 11 is 0. The maximum atomic E-state index is 6.21. The van der Waals surface area contributed by atoms with Crippen LogP contribution in [-0.4, -0.2) is 19.9 Å². The third-order valence-corrected chi connectivity index (χ3v) is 9.13. The van der Waals surface area contributed by atoms with Crippen LogP contribution in [0.4, 0.5) is 0 Å². The van der Waals surface area contributed by atoms with E-state index in [2.05, 4.69) is 132 Å². The molecule has 7 aromatic carbocycles. The van der Waals surface area contributed by atoms with Gasteiger partial charge in [-0.25, -0.2) is 19.9 Å². The molecule has 0 aliphatic rings. The van der Waals surface area contributed by atoms with Gasteiger partial charge in [-0.1, -0.05) is 97.1 Å². The first-order valence-electron chi connectivity index (χ1n) is 15.6. The second kappa shape index (κ2) is 10.0. The molecule has 0 radical (unpaired) electrons. The quantitative estimate of drug-likeness (QED) is 0.189. The first kappa shape index (κ1) is 25.8. The van der Waals surface area contributed by atoms with Crippen LogP contribution in [0.2, 0.25) is 0 Å². The number of benzene rings is 7. The highest BCUT2D eigenvalue weighted by atomic mass is 16.3. The van der Waals surface area contributed by atoms with Crippen molar-refractivity contribution in [3.63, 3.8) is 0 Å². The van der Waals surface area contributed by atoms with Crippen molar-refractivity contribution in [1.82, 2.24) is 19.9 Å². The Bertz CT molecular complexity index is 2870. The SMILES string of the molecule is c1ccc2cc(-c3nc(-c4ccc5c(ccc6ccccc65)c4)nc(-c4ccc5c(ccc6c7cccnc7oc56)c4)n3)ccc2c1. The van der Waals surface area contributed by atoms with Gasteiger partial charge in [0.25, 0.3) is 0 Å². The van der Waals surface area contributed by atoms with Gasteiger partial charge >= 0.3 is 0 Å². The first-order chi connectivity index (χ1) is 23.2. The minimum atomic E-state index is 0.616. The van der Waals surface area contributed by atoms with E-state index in [-0.39, 0.29) is 0 Å². The van der Waals surface area contributed by atoms with Crippen LogP contribution in [-0.2, 0) is 0 Å². The molecule has 3 heterocycles. The van der Waals surface area contributed by atoms with Crippen LogP contribution < -0.4 is 0 Å². The number of fused-ring (bicyclic) bond motifs is 9. The van der Waals surface area contributed by atoms with Crippen molar-refractivity contribution in [3.05, 3.63) is 146 Å². The van der Waals surface area contributed by atoms with Crippen molar-refractivity contribution in [2.45, 2.75) is 0 Å². The Kier molecular flexibility index (Phi) is 5.51. The lowest BCUT2D eigenvalue weighted by molar-refractivity contribution is 0.657. The largest absolute Gasteiger partial charge is 0.437 e. The van der Waals surface area contributed by atoms with E-state index in [1.165, 1.54) is 21.5 Å². The molecule has 0 fully saturated rings. The van der Waals surface area contributed by atoms with E-state index in [0.717, 1.165) is 54.6 Å². The van der Waals surface area contributed by atoms with E-state index >= 15 is 0 Å². The lowest BCUT2D eigenvalue weighted by atomic mass is 10.00. The number of hydrogen-bond donors (Lipinski definition) is 0. The average molecular weight is 601 g/mol. The molecule has 0 saturated carbocycles. The van der Waals surface area contributed by atoms with E-state index in [1.807, 2.05) is 12.1 Å². The minimum absolute atomic E-state index is 0.616. The summed E-state index contributed by atoms with van der Waals surface area (Å²) in [6.45, 7) is 0. The van der Waals surface area contributed by atoms with Crippen molar-refractivity contribution in [3.8, 4) is 34.2 Å². The molecule has 10 rings (SSSR count). The second-order valence-electron chi connectivity index (χ2n) is 11.9. The molecular weight excluding hydrogens is 576 g/mol. The van der Waals surface area contributed by atoms with Crippen LogP contribution in [0.5, 0.6) is 0 Å². The van der Waals surface area contributed by atoms with Crippen LogP contribution in [0.1, 0.15) is 0 Å². The van der Waals surface area contributed by atoms with Crippen molar-refractivity contribution >= 4 is 65.2 Å². The van der Waals surface area contributed by atoms with E-state index < -0.39 is 0 Å². The van der Waals surface area contributed by atoms with Gasteiger partial charge in [-0.2, -0.15) is 0 Å². The fourth-order valence-electron chi connectivity index (χ4n) is 6.78. The van der Waals surface area contributed by atoms with Gasteiger partial charge in [0.05, 0.1) is 0 Å². The van der Waals surface area contributed by atoms with Gasteiger partial charge in [-0.15, -0.1) is 0 Å². The maximum absolute atomic E-state index is 6.21. The second-order valence-corrected chi connectivity index (χ2v) is 11.9. The molecule has 47 heavy (non-hydrogen) atoms. The van der Waals surface area contributed by atoms with Crippen LogP contribution >= 0.6 is 0 Å². The van der Waals surface area contributed by atoms with Gasteiger partial charge in [0.1, 0.15) is 5.58 Å². The molecule has 0 bridgehead atoms. The van der Waals surface area contributed by atoms with Crippen molar-refractivity contribution in [1.29, 1.82) is 0 Å². The van der Waals surface area contributed by atoms with Crippen LogP contribution in [0.25, 0.3) is 99.3 Å². The minimum Gasteiger partial charge on any atom is -0.437 e. The number of hydrogen-bond acceptors (Lipinski definition) is 5. The van der Waals surface area contributed by atoms with Crippen LogP contribution in [0.15, 0.2) is 150 Å². The molecule has 5 heteroatoms. The lowest BCUT2D eigenvalue weighted by Gasteiger charge is -2.11. The molecule has 0 N–H and O–H groups in total. The van der Waals surface area contributed by atoms with Crippen molar-refractivity contribution < 1.29 is 4.42 Å². The molecule has 0 saturated heterocycles. The van der Waals surface area contributed by atoms with E-state index in [9.17, 15) is 0 Å². The van der Waals surface area contributed by atoms with Gasteiger partial charge in [0.2, 0.25) is 5.71 Å². The summed E-state index contributed by atoms with van der Waals surface area (Å²) in [6, 6.07) is 48.5. The van der Waals surface area contributed by atoms with Gasteiger partial charge < -0.3 is 4.42 Å². The number of furan rings is 1. The van der Waals surface area contributed by atoms with E-state index in [1.54, 1.807) is 6.20 Å². The zero-order valence-electron chi connectivity index (χ0n) is 25.1. The molecule has 218 valence electrons. The monoisotopic (exact) mass is 600 g/mol. The smallest absolute Gasteiger partial charge is 0.227 e. The van der Waals surface area contributed by atoms with Crippen molar-refractivity contribution in [2.24, 2.45) is 0 Å². The molecule has 0 amide bonds. The lowest BCUT2D eigenvalue weighted by Crippen LogP contribution is -2.00. The predicted octanol–water partition coefficient (Wildman–Crippen LogP) is 10.8. The number of pyridine rings is 1. The number of nitrogens with zero attached hydrogens (tertiary/aromatic N) is 4. The fraction of sp³-hybridized carbons (Fsp3) is 0. The molecule has 5 nitrogen and oxygen atoms in total. The highest BCUT2D eigenvalue weighted by Gasteiger charge is 2.16. The molecule has 0 unspecified atom stereocenters. The summed E-state index contributed by atoms with van der Waals surface area (Å²) in [7, 11) is 0. The molecule has 0 aliphatic heterocycles. The summed E-state index contributed by atoms with van der Waals surface area (Å²) in [5.74, 6) is 1.88. The summed E-state index contributed by atoms with van der Waals surface area (Å²) in [5.41, 5.74) is 4.26. The van der Waals surface area contributed by atoms with Crippen LogP contribution in [0, 0.1) is 0 Å². The highest BCUT2D eigenvalue weighted by Crippen LogP contribution is 2.36. The Hall–Kier alpha value is -6.46. The predicted molar refractivity (Wildman–Crippen MR) is 191 cm³/mol. The third kappa shape index (κ3) is 4.17. The molecular formula is C42H24N4O. The zero-order chi connectivity index (χ0) is 30.9. The van der Waals surface area contributed by atoms with Crippen molar-refractivity contribution in [2.75, 3.05) is 0 Å². The summed E-state index contributed by atoms with van der Waals surface area (Å²) in [5, 5.41) is 11.3. The molecule has 0 atom stereocenters. The van der Waals surface area contributed by atoms with Crippen LogP contribution in [0.3, 0.4) is 0 Å². The van der Waals surface area contributed by atoms with Gasteiger partial charge in [-0.3, -0.25) is 0 Å². The Labute approximate surface area is 268 Å².